The minimum atomic E-state index is 0.449. The molecule has 3 aromatic rings. The maximum Gasteiger partial charge on any atom is 0.122 e. The summed E-state index contributed by atoms with van der Waals surface area (Å²) < 4.78 is 11.4. The van der Waals surface area contributed by atoms with Crippen LogP contribution in [0.15, 0.2) is 78.9 Å². The minimum absolute atomic E-state index is 0.449. The van der Waals surface area contributed by atoms with Crippen LogP contribution in [-0.4, -0.2) is 13.2 Å². The van der Waals surface area contributed by atoms with Crippen LogP contribution in [0.25, 0.3) is 11.6 Å². The van der Waals surface area contributed by atoms with Gasteiger partial charge in [-0.25, -0.2) is 0 Å². The molecule has 3 aromatic carbocycles. The van der Waals surface area contributed by atoms with E-state index in [4.69, 9.17) is 9.47 Å². The molecule has 0 N–H and O–H groups in total. The van der Waals surface area contributed by atoms with E-state index >= 15 is 0 Å². The van der Waals surface area contributed by atoms with Crippen LogP contribution in [0.2, 0.25) is 0 Å². The van der Waals surface area contributed by atoms with Crippen LogP contribution in [0.1, 0.15) is 16.7 Å². The molecule has 27 heavy (non-hydrogen) atoms. The van der Waals surface area contributed by atoms with Crippen molar-refractivity contribution in [3.63, 3.8) is 0 Å². The van der Waals surface area contributed by atoms with E-state index in [9.17, 15) is 5.26 Å². The number of rotatable bonds is 7. The monoisotopic (exact) mass is 355 g/mol. The number of nitriles is 1. The molecule has 0 aromatic heterocycles. The fourth-order valence-electron chi connectivity index (χ4n) is 2.61. The van der Waals surface area contributed by atoms with Gasteiger partial charge in [0.05, 0.1) is 11.6 Å². The maximum absolute atomic E-state index is 9.44. The van der Waals surface area contributed by atoms with Crippen molar-refractivity contribution in [2.24, 2.45) is 0 Å². The third-order valence-electron chi connectivity index (χ3n) is 4.02. The number of benzene rings is 3. The van der Waals surface area contributed by atoms with Crippen molar-refractivity contribution >= 4 is 11.6 Å². The summed E-state index contributed by atoms with van der Waals surface area (Å²) in [6.07, 6.45) is 1.87. The summed E-state index contributed by atoms with van der Waals surface area (Å²) in [4.78, 5) is 0. The van der Waals surface area contributed by atoms with Crippen LogP contribution >= 0.6 is 0 Å². The molecule has 0 aliphatic rings. The highest BCUT2D eigenvalue weighted by atomic mass is 16.5. The Hall–Kier alpha value is -3.51. The molecule has 0 atom stereocenters. The van der Waals surface area contributed by atoms with Crippen molar-refractivity contribution in [3.8, 4) is 17.6 Å². The first kappa shape index (κ1) is 18.3. The van der Waals surface area contributed by atoms with Gasteiger partial charge in [0, 0.05) is 0 Å². The van der Waals surface area contributed by atoms with Crippen LogP contribution in [0, 0.1) is 18.3 Å². The Kier molecular flexibility index (Phi) is 6.27. The third kappa shape index (κ3) is 5.49. The molecule has 0 saturated carbocycles. The predicted molar refractivity (Wildman–Crippen MR) is 109 cm³/mol. The largest absolute Gasteiger partial charge is 0.490 e. The van der Waals surface area contributed by atoms with Crippen LogP contribution in [0.3, 0.4) is 0 Å². The van der Waals surface area contributed by atoms with E-state index in [1.165, 1.54) is 5.56 Å². The molecular formula is C24H21NO2. The zero-order valence-electron chi connectivity index (χ0n) is 15.3. The molecule has 0 saturated heterocycles. The molecule has 0 aliphatic carbocycles. The molecule has 0 bridgehead atoms. The molecular weight excluding hydrogens is 334 g/mol. The van der Waals surface area contributed by atoms with Gasteiger partial charge in [0.15, 0.2) is 0 Å². The number of allylic oxidation sites excluding steroid dienone is 1. The SMILES string of the molecule is Cc1ccc(OCCOc2cccc(C=C(C#N)c3ccccc3)c2)cc1. The molecule has 134 valence electrons. The predicted octanol–water partition coefficient (Wildman–Crippen LogP) is 5.52. The van der Waals surface area contributed by atoms with Crippen molar-refractivity contribution < 1.29 is 9.47 Å². The van der Waals surface area contributed by atoms with Gasteiger partial charge in [-0.3, -0.25) is 0 Å². The molecule has 0 fully saturated rings. The standard InChI is InChI=1S/C24H21NO2/c1-19-10-12-23(13-11-19)26-14-15-27-24-9-5-6-20(17-24)16-22(18-25)21-7-3-2-4-8-21/h2-13,16-17H,14-15H2,1H3. The van der Waals surface area contributed by atoms with Crippen LogP contribution < -0.4 is 9.47 Å². The summed E-state index contributed by atoms with van der Waals surface area (Å²) >= 11 is 0. The zero-order chi connectivity index (χ0) is 18.9. The Balaban J connectivity index is 1.59. The highest BCUT2D eigenvalue weighted by molar-refractivity contribution is 5.89. The fourth-order valence-corrected chi connectivity index (χ4v) is 2.61. The average molecular weight is 355 g/mol. The summed E-state index contributed by atoms with van der Waals surface area (Å²) in [5.41, 5.74) is 3.65. The lowest BCUT2D eigenvalue weighted by Crippen LogP contribution is -2.08. The number of nitrogens with zero attached hydrogens (tertiary/aromatic N) is 1. The van der Waals surface area contributed by atoms with Crippen molar-refractivity contribution in [3.05, 3.63) is 95.6 Å². The first-order valence-electron chi connectivity index (χ1n) is 8.84. The highest BCUT2D eigenvalue weighted by Crippen LogP contribution is 2.20. The van der Waals surface area contributed by atoms with E-state index in [-0.39, 0.29) is 0 Å². The van der Waals surface area contributed by atoms with E-state index in [2.05, 4.69) is 6.07 Å². The third-order valence-corrected chi connectivity index (χ3v) is 4.02. The van der Waals surface area contributed by atoms with E-state index < -0.39 is 0 Å². The van der Waals surface area contributed by atoms with Gasteiger partial charge < -0.3 is 9.47 Å². The highest BCUT2D eigenvalue weighted by Gasteiger charge is 2.02. The van der Waals surface area contributed by atoms with Gasteiger partial charge in [0.1, 0.15) is 24.7 Å². The van der Waals surface area contributed by atoms with Crippen LogP contribution in [-0.2, 0) is 0 Å². The smallest absolute Gasteiger partial charge is 0.122 e. The summed E-state index contributed by atoms with van der Waals surface area (Å²) in [5, 5.41) is 9.44. The van der Waals surface area contributed by atoms with E-state index in [0.717, 1.165) is 22.6 Å². The normalized spacial score (nSPS) is 10.9. The molecule has 3 nitrogen and oxygen atoms in total. The Morgan fingerprint density at radius 3 is 2.26 bits per heavy atom. The van der Waals surface area contributed by atoms with Gasteiger partial charge in [-0.1, -0.05) is 60.2 Å². The summed E-state index contributed by atoms with van der Waals surface area (Å²) in [6, 6.07) is 27.5. The molecule has 0 aliphatic heterocycles. The first-order chi connectivity index (χ1) is 13.2. The topological polar surface area (TPSA) is 42.2 Å². The van der Waals surface area contributed by atoms with E-state index in [1.807, 2.05) is 91.9 Å². The van der Waals surface area contributed by atoms with Gasteiger partial charge >= 0.3 is 0 Å². The first-order valence-corrected chi connectivity index (χ1v) is 8.84. The van der Waals surface area contributed by atoms with Crippen molar-refractivity contribution in [1.82, 2.24) is 0 Å². The second kappa shape index (κ2) is 9.26. The Morgan fingerprint density at radius 1 is 0.852 bits per heavy atom. The second-order valence-electron chi connectivity index (χ2n) is 6.12. The quantitative estimate of drug-likeness (QED) is 0.318. The summed E-state index contributed by atoms with van der Waals surface area (Å²) in [5.74, 6) is 1.59. The van der Waals surface area contributed by atoms with Crippen molar-refractivity contribution in [2.45, 2.75) is 6.92 Å². The van der Waals surface area contributed by atoms with Crippen LogP contribution in [0.5, 0.6) is 11.5 Å². The number of hydrogen-bond acceptors (Lipinski definition) is 3. The average Bonchev–Trinajstić information content (AvgIpc) is 2.72. The molecule has 0 amide bonds. The molecule has 0 heterocycles. The van der Waals surface area contributed by atoms with Crippen molar-refractivity contribution in [2.75, 3.05) is 13.2 Å². The number of hydrogen-bond donors (Lipinski definition) is 0. The van der Waals surface area contributed by atoms with Gasteiger partial charge in [-0.05, 0) is 48.4 Å². The summed E-state index contributed by atoms with van der Waals surface area (Å²) in [7, 11) is 0. The molecule has 0 radical (unpaired) electrons. The van der Waals surface area contributed by atoms with E-state index in [0.29, 0.717) is 18.8 Å². The second-order valence-corrected chi connectivity index (χ2v) is 6.12. The van der Waals surface area contributed by atoms with E-state index in [1.54, 1.807) is 0 Å². The maximum atomic E-state index is 9.44. The molecule has 3 rings (SSSR count). The lowest BCUT2D eigenvalue weighted by Gasteiger charge is -2.09. The summed E-state index contributed by atoms with van der Waals surface area (Å²) in [6.45, 7) is 2.96. The number of ether oxygens (including phenoxy) is 2. The number of aryl methyl sites for hydroxylation is 1. The molecule has 0 spiro atoms. The minimum Gasteiger partial charge on any atom is -0.490 e. The Labute approximate surface area is 160 Å². The van der Waals surface area contributed by atoms with Crippen LogP contribution in [0.4, 0.5) is 0 Å². The van der Waals surface area contributed by atoms with Gasteiger partial charge in [-0.2, -0.15) is 5.26 Å². The zero-order valence-corrected chi connectivity index (χ0v) is 15.3. The molecule has 3 heteroatoms. The Bertz CT molecular complexity index is 938. The van der Waals surface area contributed by atoms with Gasteiger partial charge in [0.25, 0.3) is 0 Å². The Morgan fingerprint density at radius 2 is 1.56 bits per heavy atom. The lowest BCUT2D eigenvalue weighted by molar-refractivity contribution is 0.217. The lowest BCUT2D eigenvalue weighted by atomic mass is 10.0. The van der Waals surface area contributed by atoms with Gasteiger partial charge in [0.2, 0.25) is 0 Å². The van der Waals surface area contributed by atoms with Crippen molar-refractivity contribution in [1.29, 1.82) is 5.26 Å². The fraction of sp³-hybridized carbons (Fsp3) is 0.125. The molecule has 0 unspecified atom stereocenters. The van der Waals surface area contributed by atoms with Gasteiger partial charge in [-0.15, -0.1) is 0 Å².